The predicted molar refractivity (Wildman–Crippen MR) is 68.9 cm³/mol. The first-order chi connectivity index (χ1) is 8.20. The van der Waals surface area contributed by atoms with Gasteiger partial charge in [0.2, 0.25) is 0 Å². The molecule has 0 saturated carbocycles. The Kier molecular flexibility index (Phi) is 4.51. The number of hydrogen-bond donors (Lipinski definition) is 1. The van der Waals surface area contributed by atoms with E-state index in [4.69, 9.17) is 38.4 Å². The molecule has 3 nitrogen and oxygen atoms in total. The number of hydrogen-bond acceptors (Lipinski definition) is 3. The van der Waals surface area contributed by atoms with Crippen molar-refractivity contribution in [3.8, 4) is 5.75 Å². The Labute approximate surface area is 111 Å². The van der Waals surface area contributed by atoms with Gasteiger partial charge >= 0.3 is 0 Å². The van der Waals surface area contributed by atoms with E-state index in [0.29, 0.717) is 28.9 Å². The zero-order valence-electron chi connectivity index (χ0n) is 9.36. The minimum Gasteiger partial charge on any atom is -0.489 e. The molecule has 5 heteroatoms. The van der Waals surface area contributed by atoms with Gasteiger partial charge in [0.05, 0.1) is 17.2 Å². The molecule has 2 atom stereocenters. The average molecular weight is 276 g/mol. The Morgan fingerprint density at radius 3 is 2.76 bits per heavy atom. The van der Waals surface area contributed by atoms with Crippen molar-refractivity contribution in [2.24, 2.45) is 5.73 Å². The molecule has 1 aromatic rings. The molecular weight excluding hydrogens is 261 g/mol. The van der Waals surface area contributed by atoms with Gasteiger partial charge in [-0.1, -0.05) is 29.3 Å². The highest BCUT2D eigenvalue weighted by Gasteiger charge is 2.24. The predicted octanol–water partition coefficient (Wildman–Crippen LogP) is 2.88. The molecule has 94 valence electrons. The van der Waals surface area contributed by atoms with Crippen molar-refractivity contribution in [1.29, 1.82) is 0 Å². The second-order valence-electron chi connectivity index (χ2n) is 4.06. The smallest absolute Gasteiger partial charge is 0.139 e. The maximum atomic E-state index is 6.02. The fourth-order valence-electron chi connectivity index (χ4n) is 1.85. The van der Waals surface area contributed by atoms with Gasteiger partial charge in [0.15, 0.2) is 0 Å². The summed E-state index contributed by atoms with van der Waals surface area (Å²) in [7, 11) is 0. The summed E-state index contributed by atoms with van der Waals surface area (Å²) in [5, 5.41) is 0.943. The van der Waals surface area contributed by atoms with Gasteiger partial charge in [-0.3, -0.25) is 0 Å². The van der Waals surface area contributed by atoms with Crippen LogP contribution >= 0.6 is 23.2 Å². The monoisotopic (exact) mass is 275 g/mol. The van der Waals surface area contributed by atoms with E-state index >= 15 is 0 Å². The van der Waals surface area contributed by atoms with Crippen LogP contribution in [0.4, 0.5) is 0 Å². The average Bonchev–Trinajstić information content (AvgIpc) is 2.79. The summed E-state index contributed by atoms with van der Waals surface area (Å²) in [6.07, 6.45) is 2.23. The van der Waals surface area contributed by atoms with Crippen LogP contribution in [0.15, 0.2) is 18.2 Å². The third-order valence-electron chi connectivity index (χ3n) is 2.80. The van der Waals surface area contributed by atoms with Crippen LogP contribution in [0.1, 0.15) is 12.8 Å². The van der Waals surface area contributed by atoms with Gasteiger partial charge in [-0.15, -0.1) is 0 Å². The van der Waals surface area contributed by atoms with Gasteiger partial charge in [-0.05, 0) is 25.0 Å². The minimum atomic E-state index is 0.0959. The van der Waals surface area contributed by atoms with E-state index in [1.807, 2.05) is 6.07 Å². The van der Waals surface area contributed by atoms with Crippen molar-refractivity contribution in [2.75, 3.05) is 13.2 Å². The van der Waals surface area contributed by atoms with Crippen molar-refractivity contribution in [3.63, 3.8) is 0 Å². The maximum Gasteiger partial charge on any atom is 0.139 e. The number of rotatable bonds is 4. The standard InChI is InChI=1S/C12H15Cl2NO2/c13-10-2-1-3-11(12(10)14)16-7-9-5-4-8(6-15)17-9/h1-3,8-9H,4-7,15H2. The van der Waals surface area contributed by atoms with Crippen LogP contribution in [-0.2, 0) is 4.74 Å². The number of benzene rings is 1. The molecule has 1 aliphatic heterocycles. The SMILES string of the molecule is NCC1CCC(COc2cccc(Cl)c2Cl)O1. The lowest BCUT2D eigenvalue weighted by Gasteiger charge is -2.14. The molecule has 1 fully saturated rings. The molecule has 0 amide bonds. The lowest BCUT2D eigenvalue weighted by atomic mass is 10.2. The van der Waals surface area contributed by atoms with Crippen LogP contribution in [0.3, 0.4) is 0 Å². The molecule has 0 radical (unpaired) electrons. The van der Waals surface area contributed by atoms with Crippen LogP contribution in [0.2, 0.25) is 10.0 Å². The van der Waals surface area contributed by atoms with E-state index in [0.717, 1.165) is 12.8 Å². The van der Waals surface area contributed by atoms with Crippen LogP contribution in [-0.4, -0.2) is 25.4 Å². The third kappa shape index (κ3) is 3.26. The fraction of sp³-hybridized carbons (Fsp3) is 0.500. The van der Waals surface area contributed by atoms with E-state index in [1.54, 1.807) is 12.1 Å². The number of ether oxygens (including phenoxy) is 2. The molecule has 2 rings (SSSR count). The summed E-state index contributed by atoms with van der Waals surface area (Å²) >= 11 is 11.9. The van der Waals surface area contributed by atoms with Gasteiger partial charge in [0.1, 0.15) is 17.4 Å². The van der Waals surface area contributed by atoms with Crippen molar-refractivity contribution in [2.45, 2.75) is 25.0 Å². The van der Waals surface area contributed by atoms with E-state index < -0.39 is 0 Å². The Morgan fingerprint density at radius 2 is 2.06 bits per heavy atom. The van der Waals surface area contributed by atoms with Crippen molar-refractivity contribution in [3.05, 3.63) is 28.2 Å². The highest BCUT2D eigenvalue weighted by Crippen LogP contribution is 2.32. The third-order valence-corrected chi connectivity index (χ3v) is 3.60. The Hall–Kier alpha value is -0.480. The largest absolute Gasteiger partial charge is 0.489 e. The molecule has 1 heterocycles. The van der Waals surface area contributed by atoms with E-state index in [2.05, 4.69) is 0 Å². The molecule has 0 bridgehead atoms. The summed E-state index contributed by atoms with van der Waals surface area (Å²) in [6.45, 7) is 1.05. The molecule has 0 aliphatic carbocycles. The normalized spacial score (nSPS) is 23.9. The van der Waals surface area contributed by atoms with Gasteiger partial charge in [-0.25, -0.2) is 0 Å². The first-order valence-electron chi connectivity index (χ1n) is 5.63. The summed E-state index contributed by atoms with van der Waals surface area (Å²) in [5.41, 5.74) is 5.54. The minimum absolute atomic E-state index is 0.0959. The maximum absolute atomic E-state index is 6.02. The van der Waals surface area contributed by atoms with Gasteiger partial charge in [-0.2, -0.15) is 0 Å². The van der Waals surface area contributed by atoms with Crippen LogP contribution in [0, 0.1) is 0 Å². The fourth-order valence-corrected chi connectivity index (χ4v) is 2.20. The molecule has 2 N–H and O–H groups in total. The lowest BCUT2D eigenvalue weighted by Crippen LogP contribution is -2.23. The summed E-state index contributed by atoms with van der Waals surface area (Å²) in [6, 6.07) is 5.33. The van der Waals surface area contributed by atoms with Crippen molar-refractivity contribution in [1.82, 2.24) is 0 Å². The van der Waals surface area contributed by atoms with Crippen molar-refractivity contribution < 1.29 is 9.47 Å². The molecule has 1 saturated heterocycles. The Morgan fingerprint density at radius 1 is 1.29 bits per heavy atom. The summed E-state index contributed by atoms with van der Waals surface area (Å²) < 4.78 is 11.3. The Bertz CT molecular complexity index is 387. The van der Waals surface area contributed by atoms with Crippen LogP contribution < -0.4 is 10.5 Å². The van der Waals surface area contributed by atoms with Gasteiger partial charge in [0, 0.05) is 6.54 Å². The zero-order chi connectivity index (χ0) is 12.3. The second kappa shape index (κ2) is 5.91. The first-order valence-corrected chi connectivity index (χ1v) is 6.38. The summed E-state index contributed by atoms with van der Waals surface area (Å²) in [5.74, 6) is 0.596. The zero-order valence-corrected chi connectivity index (χ0v) is 10.9. The molecule has 1 aromatic carbocycles. The number of nitrogens with two attached hydrogens (primary N) is 1. The molecule has 0 spiro atoms. The van der Waals surface area contributed by atoms with E-state index in [-0.39, 0.29) is 12.2 Å². The van der Waals surface area contributed by atoms with Crippen LogP contribution in [0.5, 0.6) is 5.75 Å². The lowest BCUT2D eigenvalue weighted by molar-refractivity contribution is 0.0222. The van der Waals surface area contributed by atoms with Gasteiger partial charge < -0.3 is 15.2 Å². The Balaban J connectivity index is 1.88. The van der Waals surface area contributed by atoms with E-state index in [9.17, 15) is 0 Å². The molecule has 17 heavy (non-hydrogen) atoms. The van der Waals surface area contributed by atoms with Gasteiger partial charge in [0.25, 0.3) is 0 Å². The van der Waals surface area contributed by atoms with Crippen LogP contribution in [0.25, 0.3) is 0 Å². The second-order valence-corrected chi connectivity index (χ2v) is 4.84. The molecular formula is C12H15Cl2NO2. The summed E-state index contributed by atoms with van der Waals surface area (Å²) in [4.78, 5) is 0. The highest BCUT2D eigenvalue weighted by molar-refractivity contribution is 6.42. The molecule has 2 unspecified atom stereocenters. The first kappa shape index (κ1) is 13.0. The quantitative estimate of drug-likeness (QED) is 0.919. The topological polar surface area (TPSA) is 44.5 Å². The highest BCUT2D eigenvalue weighted by atomic mass is 35.5. The van der Waals surface area contributed by atoms with E-state index in [1.165, 1.54) is 0 Å². The number of halogens is 2. The van der Waals surface area contributed by atoms with Crippen molar-refractivity contribution >= 4 is 23.2 Å². The molecule has 0 aromatic heterocycles. The molecule has 1 aliphatic rings.